The first-order valence-corrected chi connectivity index (χ1v) is 8.44. The molecule has 0 saturated carbocycles. The minimum atomic E-state index is 0.0728. The van der Waals surface area contributed by atoms with Crippen LogP contribution in [0.3, 0.4) is 0 Å². The maximum absolute atomic E-state index is 12.5. The Morgan fingerprint density at radius 3 is 2.38 bits per heavy atom. The van der Waals surface area contributed by atoms with Crippen molar-refractivity contribution < 1.29 is 9.53 Å². The van der Waals surface area contributed by atoms with Crippen LogP contribution in [0.2, 0.25) is 5.02 Å². The SMILES string of the molecule is COc1ccccc1CN1CCN(C(=O)c2ccc(Cl)cc2)CC1. The number of amides is 1. The zero-order valence-corrected chi connectivity index (χ0v) is 14.5. The average Bonchev–Trinajstić information content (AvgIpc) is 2.63. The molecule has 0 spiro atoms. The van der Waals surface area contributed by atoms with Gasteiger partial charge in [-0.15, -0.1) is 0 Å². The van der Waals surface area contributed by atoms with Crippen molar-refractivity contribution >= 4 is 17.5 Å². The molecule has 1 amide bonds. The lowest BCUT2D eigenvalue weighted by atomic mass is 10.1. The molecule has 0 radical (unpaired) electrons. The molecule has 1 saturated heterocycles. The van der Waals surface area contributed by atoms with Gasteiger partial charge in [-0.2, -0.15) is 0 Å². The molecule has 0 aromatic heterocycles. The van der Waals surface area contributed by atoms with E-state index < -0.39 is 0 Å². The maximum atomic E-state index is 12.5. The van der Waals surface area contributed by atoms with Gasteiger partial charge in [0.25, 0.3) is 5.91 Å². The summed E-state index contributed by atoms with van der Waals surface area (Å²) in [5, 5.41) is 0.646. The second-order valence-electron chi connectivity index (χ2n) is 5.89. The molecule has 4 nitrogen and oxygen atoms in total. The normalized spacial score (nSPS) is 15.3. The molecule has 0 atom stereocenters. The number of rotatable bonds is 4. The molecule has 1 aliphatic rings. The highest BCUT2D eigenvalue weighted by molar-refractivity contribution is 6.30. The molecular weight excluding hydrogens is 324 g/mol. The second kappa shape index (κ2) is 7.69. The van der Waals surface area contributed by atoms with Crippen LogP contribution < -0.4 is 4.74 Å². The number of hydrogen-bond donors (Lipinski definition) is 0. The van der Waals surface area contributed by atoms with Crippen molar-refractivity contribution in [1.29, 1.82) is 0 Å². The van der Waals surface area contributed by atoms with Crippen LogP contribution in [0.4, 0.5) is 0 Å². The Bertz CT molecular complexity index is 695. The predicted molar refractivity (Wildman–Crippen MR) is 95.6 cm³/mol. The number of para-hydroxylation sites is 1. The number of methoxy groups -OCH3 is 1. The standard InChI is InChI=1S/C19H21ClN2O2/c1-24-18-5-3-2-4-16(18)14-21-10-12-22(13-11-21)19(23)15-6-8-17(20)9-7-15/h2-9H,10-14H2,1H3. The molecule has 1 aliphatic heterocycles. The van der Waals surface area contributed by atoms with Crippen molar-refractivity contribution in [2.24, 2.45) is 0 Å². The number of nitrogens with zero attached hydrogens (tertiary/aromatic N) is 2. The first-order valence-electron chi connectivity index (χ1n) is 8.06. The van der Waals surface area contributed by atoms with Crippen molar-refractivity contribution in [2.45, 2.75) is 6.54 Å². The maximum Gasteiger partial charge on any atom is 0.253 e. The summed E-state index contributed by atoms with van der Waals surface area (Å²) in [4.78, 5) is 16.8. The summed E-state index contributed by atoms with van der Waals surface area (Å²) in [5.41, 5.74) is 1.87. The van der Waals surface area contributed by atoms with Crippen LogP contribution in [0.5, 0.6) is 5.75 Å². The highest BCUT2D eigenvalue weighted by Crippen LogP contribution is 2.20. The van der Waals surface area contributed by atoms with E-state index in [0.29, 0.717) is 10.6 Å². The Kier molecular flexibility index (Phi) is 5.38. The van der Waals surface area contributed by atoms with Crippen LogP contribution in [-0.4, -0.2) is 49.0 Å². The lowest BCUT2D eigenvalue weighted by Crippen LogP contribution is -2.48. The summed E-state index contributed by atoms with van der Waals surface area (Å²) in [6.45, 7) is 4.02. The van der Waals surface area contributed by atoms with Crippen molar-refractivity contribution in [2.75, 3.05) is 33.3 Å². The second-order valence-corrected chi connectivity index (χ2v) is 6.32. The van der Waals surface area contributed by atoms with E-state index in [4.69, 9.17) is 16.3 Å². The molecule has 0 unspecified atom stereocenters. The first-order chi connectivity index (χ1) is 11.7. The van der Waals surface area contributed by atoms with Gasteiger partial charge in [0.1, 0.15) is 5.75 Å². The third-order valence-corrected chi connectivity index (χ3v) is 4.59. The topological polar surface area (TPSA) is 32.8 Å². The van der Waals surface area contributed by atoms with E-state index in [-0.39, 0.29) is 5.91 Å². The fourth-order valence-corrected chi connectivity index (χ4v) is 3.08. The Labute approximate surface area is 147 Å². The first kappa shape index (κ1) is 16.8. The van der Waals surface area contributed by atoms with Gasteiger partial charge in [0.15, 0.2) is 0 Å². The van der Waals surface area contributed by atoms with Crippen LogP contribution in [-0.2, 0) is 6.54 Å². The van der Waals surface area contributed by atoms with Crippen molar-refractivity contribution in [3.05, 3.63) is 64.7 Å². The monoisotopic (exact) mass is 344 g/mol. The van der Waals surface area contributed by atoms with Crippen molar-refractivity contribution in [3.8, 4) is 5.75 Å². The number of benzene rings is 2. The van der Waals surface area contributed by atoms with Crippen molar-refractivity contribution in [1.82, 2.24) is 9.80 Å². The number of piperazine rings is 1. The zero-order valence-electron chi connectivity index (χ0n) is 13.7. The molecule has 5 heteroatoms. The molecule has 126 valence electrons. The van der Waals surface area contributed by atoms with Gasteiger partial charge >= 0.3 is 0 Å². The van der Waals surface area contributed by atoms with E-state index in [1.54, 1.807) is 31.4 Å². The van der Waals surface area contributed by atoms with Crippen LogP contribution in [0, 0.1) is 0 Å². The average molecular weight is 345 g/mol. The van der Waals surface area contributed by atoms with Gasteiger partial charge in [0.2, 0.25) is 0 Å². The van der Waals surface area contributed by atoms with E-state index in [2.05, 4.69) is 11.0 Å². The quantitative estimate of drug-likeness (QED) is 0.853. The summed E-state index contributed by atoms with van der Waals surface area (Å²) in [7, 11) is 1.70. The van der Waals surface area contributed by atoms with Gasteiger partial charge in [-0.05, 0) is 30.3 Å². The molecule has 0 N–H and O–H groups in total. The number of carbonyl (C=O) groups is 1. The van der Waals surface area contributed by atoms with E-state index in [1.807, 2.05) is 23.1 Å². The highest BCUT2D eigenvalue weighted by atomic mass is 35.5. The minimum absolute atomic E-state index is 0.0728. The number of carbonyl (C=O) groups excluding carboxylic acids is 1. The molecule has 2 aromatic rings. The summed E-state index contributed by atoms with van der Waals surface area (Å²) in [6.07, 6.45) is 0. The Morgan fingerprint density at radius 1 is 1.04 bits per heavy atom. The lowest BCUT2D eigenvalue weighted by Gasteiger charge is -2.35. The molecule has 0 bridgehead atoms. The van der Waals surface area contributed by atoms with Gasteiger partial charge in [0, 0.05) is 48.9 Å². The van der Waals surface area contributed by atoms with Crippen LogP contribution in [0.1, 0.15) is 15.9 Å². The van der Waals surface area contributed by atoms with Crippen molar-refractivity contribution in [3.63, 3.8) is 0 Å². The highest BCUT2D eigenvalue weighted by Gasteiger charge is 2.22. The lowest BCUT2D eigenvalue weighted by molar-refractivity contribution is 0.0627. The Hall–Kier alpha value is -2.04. The fourth-order valence-electron chi connectivity index (χ4n) is 2.96. The molecule has 1 fully saturated rings. The van der Waals surface area contributed by atoms with Gasteiger partial charge in [-0.25, -0.2) is 0 Å². The minimum Gasteiger partial charge on any atom is -0.496 e. The third-order valence-electron chi connectivity index (χ3n) is 4.34. The van der Waals surface area contributed by atoms with Crippen LogP contribution in [0.15, 0.2) is 48.5 Å². The molecule has 1 heterocycles. The van der Waals surface area contributed by atoms with Gasteiger partial charge < -0.3 is 9.64 Å². The summed E-state index contributed by atoms with van der Waals surface area (Å²) < 4.78 is 5.41. The molecule has 2 aromatic carbocycles. The van der Waals surface area contributed by atoms with E-state index in [0.717, 1.165) is 38.5 Å². The smallest absolute Gasteiger partial charge is 0.253 e. The Morgan fingerprint density at radius 2 is 1.71 bits per heavy atom. The van der Waals surface area contributed by atoms with E-state index in [9.17, 15) is 4.79 Å². The molecule has 24 heavy (non-hydrogen) atoms. The largest absolute Gasteiger partial charge is 0.496 e. The zero-order chi connectivity index (χ0) is 16.9. The fraction of sp³-hybridized carbons (Fsp3) is 0.316. The third kappa shape index (κ3) is 3.89. The summed E-state index contributed by atoms with van der Waals surface area (Å²) in [5.74, 6) is 0.987. The Balaban J connectivity index is 1.57. The summed E-state index contributed by atoms with van der Waals surface area (Å²) >= 11 is 5.88. The predicted octanol–water partition coefficient (Wildman–Crippen LogP) is 3.31. The molecule has 0 aliphatic carbocycles. The number of halogens is 1. The summed E-state index contributed by atoms with van der Waals surface area (Å²) in [6, 6.07) is 15.2. The van der Waals surface area contributed by atoms with E-state index in [1.165, 1.54) is 5.56 Å². The number of hydrogen-bond acceptors (Lipinski definition) is 3. The van der Waals surface area contributed by atoms with Crippen LogP contribution in [0.25, 0.3) is 0 Å². The van der Waals surface area contributed by atoms with Gasteiger partial charge in [-0.3, -0.25) is 9.69 Å². The van der Waals surface area contributed by atoms with E-state index >= 15 is 0 Å². The van der Waals surface area contributed by atoms with Crippen LogP contribution >= 0.6 is 11.6 Å². The number of ether oxygens (including phenoxy) is 1. The van der Waals surface area contributed by atoms with Gasteiger partial charge in [-0.1, -0.05) is 29.8 Å². The molecular formula is C19H21ClN2O2. The van der Waals surface area contributed by atoms with Gasteiger partial charge in [0.05, 0.1) is 7.11 Å². The molecule has 3 rings (SSSR count).